The number of aliphatic hydroxyl groups excluding tert-OH is 1. The third-order valence-corrected chi connectivity index (χ3v) is 5.08. The predicted octanol–water partition coefficient (Wildman–Crippen LogP) is 4.08. The van der Waals surface area contributed by atoms with Gasteiger partial charge in [0.2, 0.25) is 0 Å². The van der Waals surface area contributed by atoms with E-state index in [2.05, 4.69) is 40.2 Å². The van der Waals surface area contributed by atoms with E-state index in [1.807, 2.05) is 18.2 Å². The maximum absolute atomic E-state index is 10.3. The Kier molecular flexibility index (Phi) is 4.88. The fourth-order valence-corrected chi connectivity index (χ4v) is 3.92. The molecule has 2 aromatic carbocycles. The van der Waals surface area contributed by atoms with Gasteiger partial charge in [-0.3, -0.25) is 0 Å². The number of aliphatic hydroxyl groups is 1. The summed E-state index contributed by atoms with van der Waals surface area (Å²) in [6.45, 7) is 0.744. The number of hydrogen-bond donors (Lipinski definition) is 1. The minimum atomic E-state index is -0.377. The van der Waals surface area contributed by atoms with Crippen molar-refractivity contribution in [2.45, 2.75) is 23.8 Å². The summed E-state index contributed by atoms with van der Waals surface area (Å²) < 4.78 is 6.77. The van der Waals surface area contributed by atoms with Crippen LogP contribution < -0.4 is 4.74 Å². The Bertz CT molecular complexity index is 616. The lowest BCUT2D eigenvalue weighted by Crippen LogP contribution is -2.14. The lowest BCUT2D eigenvalue weighted by atomic mass is 10.0. The van der Waals surface area contributed by atoms with Gasteiger partial charge in [0, 0.05) is 28.0 Å². The molecule has 0 aromatic heterocycles. The molecule has 1 atom stereocenters. The summed E-state index contributed by atoms with van der Waals surface area (Å²) in [6, 6.07) is 14.3. The van der Waals surface area contributed by atoms with Crippen molar-refractivity contribution in [2.75, 3.05) is 12.4 Å². The van der Waals surface area contributed by atoms with E-state index in [0.29, 0.717) is 12.2 Å². The maximum Gasteiger partial charge on any atom is 0.125 e. The lowest BCUT2D eigenvalue weighted by molar-refractivity contribution is 0.198. The molecule has 1 unspecified atom stereocenters. The Balaban J connectivity index is 1.64. The molecule has 110 valence electrons. The Morgan fingerprint density at radius 3 is 2.86 bits per heavy atom. The SMILES string of the molecule is OC(CSc1ccccc1)Cc1cc(Br)cc2c1OCC2. The summed E-state index contributed by atoms with van der Waals surface area (Å²) in [5, 5.41) is 10.3. The van der Waals surface area contributed by atoms with Gasteiger partial charge in [0.25, 0.3) is 0 Å². The zero-order valence-corrected chi connectivity index (χ0v) is 14.0. The average Bonchev–Trinajstić information content (AvgIpc) is 2.94. The fourth-order valence-electron chi connectivity index (χ4n) is 2.52. The van der Waals surface area contributed by atoms with Crippen LogP contribution in [0.25, 0.3) is 0 Å². The van der Waals surface area contributed by atoms with Crippen LogP contribution in [0.3, 0.4) is 0 Å². The summed E-state index contributed by atoms with van der Waals surface area (Å²) in [4.78, 5) is 1.19. The van der Waals surface area contributed by atoms with Crippen LogP contribution in [0, 0.1) is 0 Å². The molecular weight excluding hydrogens is 348 g/mol. The molecule has 0 saturated carbocycles. The molecule has 2 nitrogen and oxygen atoms in total. The maximum atomic E-state index is 10.3. The molecule has 0 spiro atoms. The van der Waals surface area contributed by atoms with Gasteiger partial charge in [-0.15, -0.1) is 11.8 Å². The van der Waals surface area contributed by atoms with Crippen molar-refractivity contribution in [2.24, 2.45) is 0 Å². The Hall–Kier alpha value is -0.970. The first-order valence-electron chi connectivity index (χ1n) is 7.02. The van der Waals surface area contributed by atoms with E-state index in [1.165, 1.54) is 10.5 Å². The van der Waals surface area contributed by atoms with Crippen molar-refractivity contribution >= 4 is 27.7 Å². The van der Waals surface area contributed by atoms with Crippen molar-refractivity contribution in [1.82, 2.24) is 0 Å². The van der Waals surface area contributed by atoms with Crippen LogP contribution in [-0.4, -0.2) is 23.6 Å². The predicted molar refractivity (Wildman–Crippen MR) is 90.2 cm³/mol. The highest BCUT2D eigenvalue weighted by molar-refractivity contribution is 9.10. The molecule has 0 fully saturated rings. The van der Waals surface area contributed by atoms with E-state index in [4.69, 9.17) is 4.74 Å². The Morgan fingerprint density at radius 1 is 1.24 bits per heavy atom. The van der Waals surface area contributed by atoms with Gasteiger partial charge in [-0.25, -0.2) is 0 Å². The highest BCUT2D eigenvalue weighted by atomic mass is 79.9. The first-order chi connectivity index (χ1) is 10.2. The van der Waals surface area contributed by atoms with Crippen molar-refractivity contribution in [3.63, 3.8) is 0 Å². The zero-order chi connectivity index (χ0) is 14.7. The first-order valence-corrected chi connectivity index (χ1v) is 8.80. The van der Waals surface area contributed by atoms with Gasteiger partial charge >= 0.3 is 0 Å². The number of hydrogen-bond acceptors (Lipinski definition) is 3. The van der Waals surface area contributed by atoms with Gasteiger partial charge in [-0.05, 0) is 35.4 Å². The second-order valence-electron chi connectivity index (χ2n) is 5.13. The van der Waals surface area contributed by atoms with Crippen molar-refractivity contribution < 1.29 is 9.84 Å². The normalized spacial score (nSPS) is 14.6. The largest absolute Gasteiger partial charge is 0.493 e. The molecule has 0 amide bonds. The minimum Gasteiger partial charge on any atom is -0.493 e. The van der Waals surface area contributed by atoms with Crippen LogP contribution in [0.1, 0.15) is 11.1 Å². The minimum absolute atomic E-state index is 0.377. The summed E-state index contributed by atoms with van der Waals surface area (Å²) in [5.41, 5.74) is 2.33. The number of fused-ring (bicyclic) bond motifs is 1. The summed E-state index contributed by atoms with van der Waals surface area (Å²) >= 11 is 5.22. The topological polar surface area (TPSA) is 29.5 Å². The summed E-state index contributed by atoms with van der Waals surface area (Å²) in [6.07, 6.45) is 1.20. The summed E-state index contributed by atoms with van der Waals surface area (Å²) in [5.74, 6) is 1.66. The highest BCUT2D eigenvalue weighted by Crippen LogP contribution is 2.34. The third-order valence-electron chi connectivity index (χ3n) is 3.47. The van der Waals surface area contributed by atoms with Crippen molar-refractivity contribution in [3.05, 3.63) is 58.1 Å². The van der Waals surface area contributed by atoms with Crippen LogP contribution in [0.5, 0.6) is 5.75 Å². The van der Waals surface area contributed by atoms with Gasteiger partial charge in [0.15, 0.2) is 0 Å². The van der Waals surface area contributed by atoms with Crippen LogP contribution in [0.2, 0.25) is 0 Å². The molecule has 0 aliphatic carbocycles. The third kappa shape index (κ3) is 3.82. The highest BCUT2D eigenvalue weighted by Gasteiger charge is 2.19. The second-order valence-corrected chi connectivity index (χ2v) is 7.14. The van der Waals surface area contributed by atoms with Gasteiger partial charge in [-0.2, -0.15) is 0 Å². The molecular formula is C17H17BrO2S. The fraction of sp³-hybridized carbons (Fsp3) is 0.294. The Labute approximate surface area is 137 Å². The number of thioether (sulfide) groups is 1. The van der Waals surface area contributed by atoms with Gasteiger partial charge in [0.05, 0.1) is 12.7 Å². The van der Waals surface area contributed by atoms with Crippen molar-refractivity contribution in [3.8, 4) is 5.75 Å². The molecule has 3 rings (SSSR count). The van der Waals surface area contributed by atoms with E-state index < -0.39 is 0 Å². The molecule has 1 aliphatic heterocycles. The molecule has 0 radical (unpaired) electrons. The molecule has 0 bridgehead atoms. The van der Waals surface area contributed by atoms with Gasteiger partial charge in [-0.1, -0.05) is 34.1 Å². The molecule has 0 saturated heterocycles. The molecule has 1 heterocycles. The Morgan fingerprint density at radius 2 is 2.05 bits per heavy atom. The van der Waals surface area contributed by atoms with Crippen LogP contribution in [0.4, 0.5) is 0 Å². The number of halogens is 1. The average molecular weight is 365 g/mol. The van der Waals surface area contributed by atoms with Gasteiger partial charge in [0.1, 0.15) is 5.75 Å². The standard InChI is InChI=1S/C17H17BrO2S/c18-14-8-12-6-7-20-17(12)13(9-14)10-15(19)11-21-16-4-2-1-3-5-16/h1-5,8-9,15,19H,6-7,10-11H2. The quantitative estimate of drug-likeness (QED) is 0.810. The number of ether oxygens (including phenoxy) is 1. The zero-order valence-electron chi connectivity index (χ0n) is 11.6. The monoisotopic (exact) mass is 364 g/mol. The van der Waals surface area contributed by atoms with Crippen LogP contribution >= 0.6 is 27.7 Å². The molecule has 2 aromatic rings. The smallest absolute Gasteiger partial charge is 0.125 e. The molecule has 21 heavy (non-hydrogen) atoms. The van der Waals surface area contributed by atoms with Crippen LogP contribution in [0.15, 0.2) is 51.8 Å². The number of rotatable bonds is 5. The first kappa shape index (κ1) is 14.9. The van der Waals surface area contributed by atoms with Crippen molar-refractivity contribution in [1.29, 1.82) is 0 Å². The second kappa shape index (κ2) is 6.86. The van der Waals surface area contributed by atoms with Crippen LogP contribution in [-0.2, 0) is 12.8 Å². The van der Waals surface area contributed by atoms with E-state index in [0.717, 1.165) is 28.8 Å². The summed E-state index contributed by atoms with van der Waals surface area (Å²) in [7, 11) is 0. The molecule has 4 heteroatoms. The van der Waals surface area contributed by atoms with Gasteiger partial charge < -0.3 is 9.84 Å². The lowest BCUT2D eigenvalue weighted by Gasteiger charge is -2.14. The number of benzene rings is 2. The van der Waals surface area contributed by atoms with E-state index in [9.17, 15) is 5.11 Å². The van der Waals surface area contributed by atoms with E-state index in [1.54, 1.807) is 11.8 Å². The molecule has 1 N–H and O–H groups in total. The van der Waals surface area contributed by atoms with E-state index in [-0.39, 0.29) is 6.10 Å². The van der Waals surface area contributed by atoms with E-state index >= 15 is 0 Å². The molecule has 1 aliphatic rings.